The van der Waals surface area contributed by atoms with Gasteiger partial charge in [-0.3, -0.25) is 0 Å². The van der Waals surface area contributed by atoms with E-state index in [9.17, 15) is 0 Å². The highest BCUT2D eigenvalue weighted by molar-refractivity contribution is 6.09. The molecule has 0 spiro atoms. The first-order valence-corrected chi connectivity index (χ1v) is 23.3. The molecular formula is C66H46N2. The first kappa shape index (κ1) is 40.5. The Bertz CT molecular complexity index is 3630. The average Bonchev–Trinajstić information content (AvgIpc) is 3.76. The minimum Gasteiger partial charge on any atom is -0.310 e. The van der Waals surface area contributed by atoms with Crippen molar-refractivity contribution in [1.29, 1.82) is 0 Å². The lowest BCUT2D eigenvalue weighted by Gasteiger charge is -2.29. The van der Waals surface area contributed by atoms with Crippen LogP contribution in [0.2, 0.25) is 0 Å². The molecule has 1 heterocycles. The van der Waals surface area contributed by atoms with Crippen molar-refractivity contribution in [3.63, 3.8) is 0 Å². The fourth-order valence-electron chi connectivity index (χ4n) is 9.96. The van der Waals surface area contributed by atoms with Crippen LogP contribution in [0.25, 0.3) is 94.3 Å². The molecule has 0 radical (unpaired) electrons. The molecule has 1 aromatic heterocycles. The van der Waals surface area contributed by atoms with Crippen LogP contribution in [0.1, 0.15) is 0 Å². The van der Waals surface area contributed by atoms with E-state index < -0.39 is 0 Å². The number of fused-ring (bicyclic) bond motifs is 3. The topological polar surface area (TPSA) is 8.17 Å². The van der Waals surface area contributed by atoms with Gasteiger partial charge in [0.15, 0.2) is 0 Å². The van der Waals surface area contributed by atoms with Gasteiger partial charge in [-0.15, -0.1) is 0 Å². The Morgan fingerprint density at radius 2 is 0.544 bits per heavy atom. The van der Waals surface area contributed by atoms with Crippen LogP contribution in [-0.4, -0.2) is 4.57 Å². The maximum Gasteiger partial charge on any atom is 0.0541 e. The molecular weight excluding hydrogens is 821 g/mol. The minimum absolute atomic E-state index is 1.07. The van der Waals surface area contributed by atoms with Crippen LogP contribution in [0, 0.1) is 0 Å². The molecule has 0 bridgehead atoms. The summed E-state index contributed by atoms with van der Waals surface area (Å²) in [6, 6.07) is 101. The lowest BCUT2D eigenvalue weighted by molar-refractivity contribution is 1.17. The Kier molecular flexibility index (Phi) is 10.6. The molecule has 0 saturated heterocycles. The van der Waals surface area contributed by atoms with E-state index in [1.807, 2.05) is 0 Å². The minimum atomic E-state index is 1.07. The summed E-state index contributed by atoms with van der Waals surface area (Å²) < 4.78 is 2.38. The van der Waals surface area contributed by atoms with Gasteiger partial charge in [0.2, 0.25) is 0 Å². The van der Waals surface area contributed by atoms with Gasteiger partial charge in [0.1, 0.15) is 0 Å². The summed E-state index contributed by atoms with van der Waals surface area (Å²) >= 11 is 0. The van der Waals surface area contributed by atoms with Gasteiger partial charge in [-0.05, 0) is 116 Å². The molecule has 320 valence electrons. The lowest BCUT2D eigenvalue weighted by Crippen LogP contribution is -2.11. The fraction of sp³-hybridized carbons (Fsp3) is 0. The van der Waals surface area contributed by atoms with E-state index in [2.05, 4.69) is 289 Å². The largest absolute Gasteiger partial charge is 0.310 e. The number of benzene rings is 11. The molecule has 68 heavy (non-hydrogen) atoms. The summed E-state index contributed by atoms with van der Waals surface area (Å²) in [7, 11) is 0. The molecule has 2 nitrogen and oxygen atoms in total. The van der Waals surface area contributed by atoms with Gasteiger partial charge in [0.05, 0.1) is 16.7 Å². The molecule has 0 aliphatic heterocycles. The Labute approximate surface area is 397 Å². The van der Waals surface area contributed by atoms with Gasteiger partial charge in [0, 0.05) is 33.4 Å². The van der Waals surface area contributed by atoms with Crippen molar-refractivity contribution in [3.8, 4) is 72.4 Å². The maximum absolute atomic E-state index is 2.41. The van der Waals surface area contributed by atoms with Gasteiger partial charge in [-0.2, -0.15) is 0 Å². The van der Waals surface area contributed by atoms with Crippen LogP contribution >= 0.6 is 0 Å². The number of nitrogens with zero attached hydrogens (tertiary/aromatic N) is 2. The van der Waals surface area contributed by atoms with Crippen molar-refractivity contribution in [3.05, 3.63) is 279 Å². The molecule has 0 aliphatic carbocycles. The van der Waals surface area contributed by atoms with E-state index in [4.69, 9.17) is 0 Å². The summed E-state index contributed by atoms with van der Waals surface area (Å²) in [6.07, 6.45) is 0. The highest BCUT2D eigenvalue weighted by atomic mass is 15.1. The number of hydrogen-bond acceptors (Lipinski definition) is 1. The highest BCUT2D eigenvalue weighted by Gasteiger charge is 2.21. The molecule has 11 aromatic carbocycles. The van der Waals surface area contributed by atoms with Crippen molar-refractivity contribution in [1.82, 2.24) is 4.57 Å². The second-order valence-electron chi connectivity index (χ2n) is 17.3. The van der Waals surface area contributed by atoms with Crippen LogP contribution in [-0.2, 0) is 0 Å². The molecule has 12 rings (SSSR count). The molecule has 0 saturated carbocycles. The summed E-state index contributed by atoms with van der Waals surface area (Å²) in [4.78, 5) is 2.41. The predicted octanol–water partition coefficient (Wildman–Crippen LogP) is 18.3. The standard InChI is InChI=1S/C66H46N2/c1-3-17-47(18-4-1)49-31-33-51(34-32-49)52-39-41-54(42-40-52)67(55-43-45-56(46-44-55)68-65-29-15-12-26-62(65)63-27-13-16-30-66(63)68)64-28-14-11-25-61(64)60-24-10-9-23-59(60)58-22-8-7-21-57(58)53-37-35-50(36-38-53)48-19-5-2-6-20-48/h1-46H. The van der Waals surface area contributed by atoms with Crippen molar-refractivity contribution < 1.29 is 0 Å². The first-order chi connectivity index (χ1) is 33.7. The summed E-state index contributed by atoms with van der Waals surface area (Å²) in [5, 5.41) is 2.50. The molecule has 0 fully saturated rings. The molecule has 12 aromatic rings. The molecule has 0 amide bonds. The zero-order chi connectivity index (χ0) is 45.2. The van der Waals surface area contributed by atoms with E-state index >= 15 is 0 Å². The van der Waals surface area contributed by atoms with Gasteiger partial charge in [-0.25, -0.2) is 0 Å². The third kappa shape index (κ3) is 7.54. The van der Waals surface area contributed by atoms with Crippen LogP contribution < -0.4 is 4.90 Å². The first-order valence-electron chi connectivity index (χ1n) is 23.3. The van der Waals surface area contributed by atoms with E-state index in [1.54, 1.807) is 0 Å². The quantitative estimate of drug-likeness (QED) is 0.133. The third-order valence-corrected chi connectivity index (χ3v) is 13.3. The summed E-state index contributed by atoms with van der Waals surface area (Å²) in [5.74, 6) is 0. The fourth-order valence-corrected chi connectivity index (χ4v) is 9.96. The average molecular weight is 867 g/mol. The smallest absolute Gasteiger partial charge is 0.0541 e. The number of anilines is 3. The Balaban J connectivity index is 0.971. The molecule has 0 aliphatic rings. The van der Waals surface area contributed by atoms with Crippen LogP contribution in [0.4, 0.5) is 17.1 Å². The van der Waals surface area contributed by atoms with Crippen molar-refractivity contribution in [2.45, 2.75) is 0 Å². The molecule has 2 heteroatoms. The van der Waals surface area contributed by atoms with Gasteiger partial charge in [0.25, 0.3) is 0 Å². The number of aromatic nitrogens is 1. The van der Waals surface area contributed by atoms with E-state index in [0.29, 0.717) is 0 Å². The Morgan fingerprint density at radius 3 is 1.04 bits per heavy atom. The van der Waals surface area contributed by atoms with Gasteiger partial charge < -0.3 is 9.47 Å². The maximum atomic E-state index is 2.41. The van der Waals surface area contributed by atoms with Gasteiger partial charge >= 0.3 is 0 Å². The highest BCUT2D eigenvalue weighted by Crippen LogP contribution is 2.46. The molecule has 0 atom stereocenters. The van der Waals surface area contributed by atoms with E-state index in [1.165, 1.54) is 83.0 Å². The third-order valence-electron chi connectivity index (χ3n) is 13.3. The normalized spacial score (nSPS) is 11.2. The lowest BCUT2D eigenvalue weighted by atomic mass is 9.88. The summed E-state index contributed by atoms with van der Waals surface area (Å²) in [6.45, 7) is 0. The molecule has 0 N–H and O–H groups in total. The zero-order valence-electron chi connectivity index (χ0n) is 37.5. The SMILES string of the molecule is c1ccc(-c2ccc(-c3ccc(N(c4ccc(-n5c6ccccc6c6ccccc65)cc4)c4ccccc4-c4ccccc4-c4ccccc4-c4ccc(-c5ccccc5)cc4)cc3)cc2)cc1. The van der Waals surface area contributed by atoms with Crippen LogP contribution in [0.5, 0.6) is 0 Å². The van der Waals surface area contributed by atoms with Crippen molar-refractivity contribution in [2.75, 3.05) is 4.90 Å². The van der Waals surface area contributed by atoms with E-state index in [0.717, 1.165) is 28.3 Å². The number of para-hydroxylation sites is 3. The summed E-state index contributed by atoms with van der Waals surface area (Å²) in [5.41, 5.74) is 21.0. The van der Waals surface area contributed by atoms with Crippen LogP contribution in [0.3, 0.4) is 0 Å². The zero-order valence-corrected chi connectivity index (χ0v) is 37.5. The second kappa shape index (κ2) is 17.8. The number of hydrogen-bond donors (Lipinski definition) is 0. The molecule has 0 unspecified atom stereocenters. The van der Waals surface area contributed by atoms with Crippen LogP contribution in [0.15, 0.2) is 279 Å². The predicted molar refractivity (Wildman–Crippen MR) is 288 cm³/mol. The monoisotopic (exact) mass is 866 g/mol. The Hall–Kier alpha value is -8.98. The number of rotatable bonds is 10. The van der Waals surface area contributed by atoms with E-state index in [-0.39, 0.29) is 0 Å². The van der Waals surface area contributed by atoms with Crippen molar-refractivity contribution in [2.24, 2.45) is 0 Å². The van der Waals surface area contributed by atoms with Crippen molar-refractivity contribution >= 4 is 38.9 Å². The second-order valence-corrected chi connectivity index (χ2v) is 17.3. The van der Waals surface area contributed by atoms with Gasteiger partial charge in [-0.1, -0.05) is 224 Å². The Morgan fingerprint density at radius 1 is 0.221 bits per heavy atom.